The Morgan fingerprint density at radius 1 is 0.903 bits per heavy atom. The van der Waals surface area contributed by atoms with E-state index >= 15 is 0 Å². The largest absolute Gasteiger partial charge is 0.497 e. The highest BCUT2D eigenvalue weighted by molar-refractivity contribution is 7.92. The number of methoxy groups -OCH3 is 1. The first-order chi connectivity index (χ1) is 14.7. The van der Waals surface area contributed by atoms with Crippen LogP contribution < -0.4 is 9.46 Å². The van der Waals surface area contributed by atoms with E-state index in [1.165, 1.54) is 0 Å². The van der Waals surface area contributed by atoms with E-state index in [9.17, 15) is 8.42 Å². The molecule has 1 aromatic heterocycles. The van der Waals surface area contributed by atoms with Crippen LogP contribution in [0.4, 0.5) is 5.69 Å². The molecule has 4 aromatic rings. The van der Waals surface area contributed by atoms with Crippen LogP contribution in [-0.2, 0) is 10.0 Å². The van der Waals surface area contributed by atoms with Gasteiger partial charge < -0.3 is 4.74 Å². The maximum atomic E-state index is 13.1. The van der Waals surface area contributed by atoms with Crippen molar-refractivity contribution in [2.75, 3.05) is 11.8 Å². The third-order valence-electron chi connectivity index (χ3n) is 5.19. The molecular weight excluding hydrogens is 428 g/mol. The fourth-order valence-electron chi connectivity index (χ4n) is 3.85. The number of anilines is 1. The molecule has 0 aliphatic carbocycles. The average Bonchev–Trinajstić information content (AvgIpc) is 3.11. The topological polar surface area (TPSA) is 68.3 Å². The summed E-state index contributed by atoms with van der Waals surface area (Å²) < 4.78 is 35.3. The lowest BCUT2D eigenvalue weighted by Crippen LogP contribution is -2.16. The van der Waals surface area contributed by atoms with Crippen LogP contribution in [0.5, 0.6) is 5.75 Å². The predicted octanol–water partition coefficient (Wildman–Crippen LogP) is 6.01. The van der Waals surface area contributed by atoms with Crippen molar-refractivity contribution in [1.82, 2.24) is 4.98 Å². The van der Waals surface area contributed by atoms with Crippen molar-refractivity contribution >= 4 is 37.3 Å². The monoisotopic (exact) mass is 452 g/mol. The van der Waals surface area contributed by atoms with Crippen molar-refractivity contribution < 1.29 is 13.2 Å². The maximum absolute atomic E-state index is 13.1. The summed E-state index contributed by atoms with van der Waals surface area (Å²) in [6, 6.07) is 15.2. The lowest BCUT2D eigenvalue weighted by Gasteiger charge is -2.15. The Kier molecular flexibility index (Phi) is 5.49. The zero-order valence-corrected chi connectivity index (χ0v) is 19.7. The first kappa shape index (κ1) is 21.3. The third kappa shape index (κ3) is 4.16. The number of benzene rings is 3. The molecule has 0 unspecified atom stereocenters. The summed E-state index contributed by atoms with van der Waals surface area (Å²) in [5.74, 6) is 0.797. The molecule has 3 aromatic carbocycles. The summed E-state index contributed by atoms with van der Waals surface area (Å²) in [6.07, 6.45) is 0. The first-order valence-electron chi connectivity index (χ1n) is 9.84. The molecule has 0 aliphatic rings. The van der Waals surface area contributed by atoms with Crippen molar-refractivity contribution in [3.05, 3.63) is 70.8 Å². The van der Waals surface area contributed by atoms with Crippen molar-refractivity contribution in [2.24, 2.45) is 0 Å². The molecule has 0 saturated heterocycles. The number of rotatable bonds is 5. The molecule has 0 atom stereocenters. The number of fused-ring (bicyclic) bond motifs is 1. The highest BCUT2D eigenvalue weighted by Crippen LogP contribution is 2.34. The zero-order chi connectivity index (χ0) is 22.3. The van der Waals surface area contributed by atoms with Gasteiger partial charge in [0.2, 0.25) is 0 Å². The Labute approximate surface area is 186 Å². The lowest BCUT2D eigenvalue weighted by molar-refractivity contribution is 0.415. The predicted molar refractivity (Wildman–Crippen MR) is 128 cm³/mol. The molecule has 0 saturated carbocycles. The Bertz CT molecular complexity index is 1380. The van der Waals surface area contributed by atoms with E-state index in [-0.39, 0.29) is 0 Å². The Morgan fingerprint density at radius 3 is 2.26 bits per heavy atom. The van der Waals surface area contributed by atoms with Crippen LogP contribution in [0.1, 0.15) is 22.3 Å². The molecule has 1 heterocycles. The number of hydrogen-bond acceptors (Lipinski definition) is 5. The molecule has 1 N–H and O–H groups in total. The average molecular weight is 453 g/mol. The van der Waals surface area contributed by atoms with Crippen molar-refractivity contribution in [3.63, 3.8) is 0 Å². The summed E-state index contributed by atoms with van der Waals surface area (Å²) in [7, 11) is -2.05. The van der Waals surface area contributed by atoms with Gasteiger partial charge in [0.05, 0.1) is 27.9 Å². The van der Waals surface area contributed by atoms with E-state index < -0.39 is 10.0 Å². The van der Waals surface area contributed by atoms with E-state index in [1.807, 2.05) is 70.2 Å². The summed E-state index contributed by atoms with van der Waals surface area (Å²) in [6.45, 7) is 7.51. The van der Waals surface area contributed by atoms with E-state index in [0.29, 0.717) is 10.6 Å². The van der Waals surface area contributed by atoms with Crippen LogP contribution in [0.3, 0.4) is 0 Å². The quantitative estimate of drug-likeness (QED) is 0.403. The molecule has 160 valence electrons. The summed E-state index contributed by atoms with van der Waals surface area (Å²) in [5, 5.41) is 0.881. The van der Waals surface area contributed by atoms with Crippen LogP contribution in [0.2, 0.25) is 0 Å². The van der Waals surface area contributed by atoms with E-state index in [4.69, 9.17) is 9.72 Å². The fraction of sp³-hybridized carbons (Fsp3) is 0.208. The van der Waals surface area contributed by atoms with Crippen molar-refractivity contribution in [1.29, 1.82) is 0 Å². The van der Waals surface area contributed by atoms with Crippen LogP contribution in [-0.4, -0.2) is 20.5 Å². The summed E-state index contributed by atoms with van der Waals surface area (Å²) in [4.78, 5) is 5.04. The van der Waals surface area contributed by atoms with Crippen LogP contribution >= 0.6 is 11.3 Å². The smallest absolute Gasteiger partial charge is 0.262 e. The van der Waals surface area contributed by atoms with Crippen molar-refractivity contribution in [3.8, 4) is 16.3 Å². The number of nitrogens with one attached hydrogen (secondary N) is 1. The highest BCUT2D eigenvalue weighted by atomic mass is 32.2. The first-order valence-corrected chi connectivity index (χ1v) is 12.1. The van der Waals surface area contributed by atoms with Gasteiger partial charge in [-0.15, -0.1) is 11.3 Å². The molecule has 5 nitrogen and oxygen atoms in total. The number of hydrogen-bond donors (Lipinski definition) is 1. The minimum absolute atomic E-state index is 0.335. The SMILES string of the molecule is COc1ccc2nc(-c3ccc(NS(=O)(=O)c4c(C)cc(C)cc4C)c(C)c3)sc2c1. The molecular formula is C24H24N2O3S2. The van der Waals surface area contributed by atoms with Crippen LogP contribution in [0.15, 0.2) is 53.4 Å². The van der Waals surface area contributed by atoms with E-state index in [0.717, 1.165) is 48.8 Å². The molecule has 0 bridgehead atoms. The maximum Gasteiger partial charge on any atom is 0.262 e. The highest BCUT2D eigenvalue weighted by Gasteiger charge is 2.21. The summed E-state index contributed by atoms with van der Waals surface area (Å²) in [5.41, 5.74) is 5.78. The lowest BCUT2D eigenvalue weighted by atomic mass is 10.1. The van der Waals surface area contributed by atoms with Gasteiger partial charge in [-0.1, -0.05) is 17.7 Å². The van der Waals surface area contributed by atoms with Gasteiger partial charge in [-0.2, -0.15) is 0 Å². The van der Waals surface area contributed by atoms with E-state index in [2.05, 4.69) is 4.72 Å². The molecule has 0 spiro atoms. The van der Waals surface area contributed by atoms with Crippen LogP contribution in [0.25, 0.3) is 20.8 Å². The van der Waals surface area contributed by atoms with Gasteiger partial charge >= 0.3 is 0 Å². The van der Waals surface area contributed by atoms with Gasteiger partial charge in [-0.3, -0.25) is 4.72 Å². The molecule has 31 heavy (non-hydrogen) atoms. The minimum Gasteiger partial charge on any atom is -0.497 e. The second kappa shape index (κ2) is 7.98. The van der Waals surface area contributed by atoms with Gasteiger partial charge in [0, 0.05) is 5.56 Å². The van der Waals surface area contributed by atoms with Gasteiger partial charge in [0.15, 0.2) is 0 Å². The summed E-state index contributed by atoms with van der Waals surface area (Å²) >= 11 is 1.58. The number of aryl methyl sites for hydroxylation is 4. The number of thiazole rings is 1. The third-order valence-corrected chi connectivity index (χ3v) is 7.92. The fourth-order valence-corrected chi connectivity index (χ4v) is 6.43. The molecule has 0 fully saturated rings. The van der Waals surface area contributed by atoms with Gasteiger partial charge in [0.25, 0.3) is 10.0 Å². The van der Waals surface area contributed by atoms with Gasteiger partial charge in [-0.25, -0.2) is 13.4 Å². The Morgan fingerprint density at radius 2 is 1.61 bits per heavy atom. The molecule has 0 aliphatic heterocycles. The minimum atomic E-state index is -3.70. The number of ether oxygens (including phenoxy) is 1. The van der Waals surface area contributed by atoms with E-state index in [1.54, 1.807) is 24.5 Å². The second-order valence-electron chi connectivity index (χ2n) is 7.72. The van der Waals surface area contributed by atoms with Crippen LogP contribution in [0, 0.1) is 27.7 Å². The van der Waals surface area contributed by atoms with Gasteiger partial charge in [-0.05, 0) is 80.8 Å². The number of sulfonamides is 1. The number of aromatic nitrogens is 1. The Balaban J connectivity index is 1.67. The van der Waals surface area contributed by atoms with Crippen molar-refractivity contribution in [2.45, 2.75) is 32.6 Å². The molecule has 7 heteroatoms. The number of nitrogens with zero attached hydrogens (tertiary/aromatic N) is 1. The normalized spacial score (nSPS) is 11.6. The zero-order valence-electron chi connectivity index (χ0n) is 18.1. The molecule has 0 amide bonds. The second-order valence-corrected chi connectivity index (χ2v) is 10.4. The molecule has 4 rings (SSSR count). The van der Waals surface area contributed by atoms with Gasteiger partial charge in [0.1, 0.15) is 10.8 Å². The standard InChI is InChI=1S/C24H24N2O3S2/c1-14-10-16(3)23(17(4)11-14)31(27,28)26-20-8-6-18(12-15(20)2)24-25-21-9-7-19(29-5)13-22(21)30-24/h6-13,26H,1-5H3. The molecule has 0 radical (unpaired) electrons. The Hall–Kier alpha value is -2.90.